The first kappa shape index (κ1) is 18.2. The van der Waals surface area contributed by atoms with E-state index in [0.717, 1.165) is 10.8 Å². The molecule has 3 aromatic rings. The van der Waals surface area contributed by atoms with Crippen molar-refractivity contribution in [2.24, 2.45) is 0 Å². The third-order valence-electron chi connectivity index (χ3n) is 5.26. The quantitative estimate of drug-likeness (QED) is 0.751. The van der Waals surface area contributed by atoms with E-state index in [9.17, 15) is 14.0 Å². The summed E-state index contributed by atoms with van der Waals surface area (Å²) in [6, 6.07) is 19.5. The second kappa shape index (κ2) is 7.80. The van der Waals surface area contributed by atoms with Crippen LogP contribution in [0.3, 0.4) is 0 Å². The lowest BCUT2D eigenvalue weighted by Gasteiger charge is -2.32. The highest BCUT2D eigenvalue weighted by molar-refractivity contribution is 6.07. The number of hydrogen-bond donors (Lipinski definition) is 1. The van der Waals surface area contributed by atoms with Crippen LogP contribution in [0.2, 0.25) is 0 Å². The Morgan fingerprint density at radius 1 is 0.857 bits per heavy atom. The Morgan fingerprint density at radius 2 is 1.50 bits per heavy atom. The second-order valence-electron chi connectivity index (χ2n) is 7.05. The van der Waals surface area contributed by atoms with Gasteiger partial charge >= 0.3 is 0 Å². The van der Waals surface area contributed by atoms with Gasteiger partial charge in [0.2, 0.25) is 0 Å². The van der Waals surface area contributed by atoms with Crippen LogP contribution in [0, 0.1) is 5.82 Å². The number of fused-ring (bicyclic) bond motifs is 1. The highest BCUT2D eigenvalue weighted by atomic mass is 19.1. The molecule has 28 heavy (non-hydrogen) atoms. The second-order valence-corrected chi connectivity index (χ2v) is 7.05. The molecule has 5 heteroatoms. The molecule has 0 saturated carbocycles. The molecule has 0 spiro atoms. The largest absolute Gasteiger partial charge is 0.349 e. The highest BCUT2D eigenvalue weighted by Gasteiger charge is 2.26. The van der Waals surface area contributed by atoms with Crippen molar-refractivity contribution in [1.29, 1.82) is 0 Å². The molecule has 0 bridgehead atoms. The van der Waals surface area contributed by atoms with E-state index in [4.69, 9.17) is 0 Å². The Labute approximate surface area is 163 Å². The van der Waals surface area contributed by atoms with Crippen molar-refractivity contribution in [3.05, 3.63) is 83.7 Å². The van der Waals surface area contributed by atoms with Gasteiger partial charge in [-0.05, 0) is 41.8 Å². The molecule has 1 aliphatic heterocycles. The molecule has 0 aliphatic carbocycles. The zero-order chi connectivity index (χ0) is 19.5. The van der Waals surface area contributed by atoms with Crippen LogP contribution < -0.4 is 5.32 Å². The van der Waals surface area contributed by atoms with Crippen molar-refractivity contribution in [1.82, 2.24) is 10.2 Å². The van der Waals surface area contributed by atoms with Crippen molar-refractivity contribution >= 4 is 22.6 Å². The number of hydrogen-bond acceptors (Lipinski definition) is 2. The zero-order valence-corrected chi connectivity index (χ0v) is 15.4. The summed E-state index contributed by atoms with van der Waals surface area (Å²) >= 11 is 0. The first-order valence-corrected chi connectivity index (χ1v) is 9.46. The molecule has 0 atom stereocenters. The molecule has 1 aliphatic rings. The summed E-state index contributed by atoms with van der Waals surface area (Å²) in [5, 5.41) is 4.88. The molecule has 3 aromatic carbocycles. The number of halogens is 1. The minimum absolute atomic E-state index is 0.00989. The standard InChI is InChI=1S/C23H21FN2O2/c24-21-11-4-3-9-20(21)22(27)25-17-12-14-26(15-13-17)23(28)19-10-5-7-16-6-1-2-8-18(16)19/h1-11,17H,12-15H2,(H,25,27). The Morgan fingerprint density at radius 3 is 2.29 bits per heavy atom. The summed E-state index contributed by atoms with van der Waals surface area (Å²) in [6.07, 6.45) is 1.30. The molecule has 1 N–H and O–H groups in total. The lowest BCUT2D eigenvalue weighted by atomic mass is 10.0. The Balaban J connectivity index is 1.41. The first-order valence-electron chi connectivity index (χ1n) is 9.46. The molecular weight excluding hydrogens is 355 g/mol. The van der Waals surface area contributed by atoms with E-state index in [0.29, 0.717) is 31.5 Å². The summed E-state index contributed by atoms with van der Waals surface area (Å²) < 4.78 is 13.8. The number of nitrogens with one attached hydrogen (secondary N) is 1. The van der Waals surface area contributed by atoms with Gasteiger partial charge in [0.15, 0.2) is 0 Å². The van der Waals surface area contributed by atoms with Gasteiger partial charge in [0.1, 0.15) is 5.82 Å². The van der Waals surface area contributed by atoms with Crippen LogP contribution in [-0.4, -0.2) is 35.8 Å². The summed E-state index contributed by atoms with van der Waals surface area (Å²) in [5.41, 5.74) is 0.753. The summed E-state index contributed by atoms with van der Waals surface area (Å²) in [4.78, 5) is 27.1. The highest BCUT2D eigenvalue weighted by Crippen LogP contribution is 2.22. The van der Waals surface area contributed by atoms with Gasteiger partial charge in [-0.2, -0.15) is 0 Å². The fourth-order valence-corrected chi connectivity index (χ4v) is 3.72. The number of piperidine rings is 1. The van der Waals surface area contributed by atoms with Crippen LogP contribution in [0.15, 0.2) is 66.7 Å². The number of likely N-dealkylation sites (tertiary alicyclic amines) is 1. The fourth-order valence-electron chi connectivity index (χ4n) is 3.72. The molecule has 0 aromatic heterocycles. The first-order chi connectivity index (χ1) is 13.6. The van der Waals surface area contributed by atoms with Crippen LogP contribution in [-0.2, 0) is 0 Å². The Kier molecular flexibility index (Phi) is 5.06. The van der Waals surface area contributed by atoms with Crippen LogP contribution >= 0.6 is 0 Å². The summed E-state index contributed by atoms with van der Waals surface area (Å²) in [7, 11) is 0. The number of benzene rings is 3. The Bertz CT molecular complexity index is 1020. The van der Waals surface area contributed by atoms with E-state index in [-0.39, 0.29) is 17.5 Å². The molecule has 4 nitrogen and oxygen atoms in total. The molecular formula is C23H21FN2O2. The van der Waals surface area contributed by atoms with Gasteiger partial charge in [-0.25, -0.2) is 4.39 Å². The third kappa shape index (κ3) is 3.60. The average molecular weight is 376 g/mol. The molecule has 142 valence electrons. The van der Waals surface area contributed by atoms with Crippen LogP contribution in [0.25, 0.3) is 10.8 Å². The Hall–Kier alpha value is -3.21. The minimum atomic E-state index is -0.524. The normalized spacial score (nSPS) is 14.8. The predicted octanol–water partition coefficient (Wildman–Crippen LogP) is 4.01. The average Bonchev–Trinajstić information content (AvgIpc) is 2.73. The smallest absolute Gasteiger partial charge is 0.254 e. The predicted molar refractivity (Wildman–Crippen MR) is 107 cm³/mol. The fraction of sp³-hybridized carbons (Fsp3) is 0.217. The van der Waals surface area contributed by atoms with Gasteiger partial charge in [0, 0.05) is 24.7 Å². The molecule has 4 rings (SSSR count). The maximum atomic E-state index is 13.8. The molecule has 1 heterocycles. The lowest BCUT2D eigenvalue weighted by Crippen LogP contribution is -2.46. The number of carbonyl (C=O) groups is 2. The molecule has 0 radical (unpaired) electrons. The van der Waals surface area contributed by atoms with Gasteiger partial charge in [-0.15, -0.1) is 0 Å². The summed E-state index contributed by atoms with van der Waals surface area (Å²) in [6.45, 7) is 1.12. The van der Waals surface area contributed by atoms with Crippen molar-refractivity contribution < 1.29 is 14.0 Å². The summed E-state index contributed by atoms with van der Waals surface area (Å²) in [5.74, 6) is -0.920. The van der Waals surface area contributed by atoms with Gasteiger partial charge in [-0.1, -0.05) is 48.5 Å². The van der Waals surface area contributed by atoms with E-state index in [1.165, 1.54) is 12.1 Å². The number of rotatable bonds is 3. The number of amides is 2. The SMILES string of the molecule is O=C(NC1CCN(C(=O)c2cccc3ccccc23)CC1)c1ccccc1F. The monoisotopic (exact) mass is 376 g/mol. The van der Waals surface area contributed by atoms with E-state index < -0.39 is 11.7 Å². The molecule has 0 unspecified atom stereocenters. The topological polar surface area (TPSA) is 49.4 Å². The number of nitrogens with zero attached hydrogens (tertiary/aromatic N) is 1. The van der Waals surface area contributed by atoms with Crippen LogP contribution in [0.4, 0.5) is 4.39 Å². The van der Waals surface area contributed by atoms with E-state index >= 15 is 0 Å². The molecule has 1 fully saturated rings. The van der Waals surface area contributed by atoms with Crippen LogP contribution in [0.5, 0.6) is 0 Å². The van der Waals surface area contributed by atoms with E-state index in [1.54, 1.807) is 12.1 Å². The van der Waals surface area contributed by atoms with Crippen molar-refractivity contribution in [2.75, 3.05) is 13.1 Å². The van der Waals surface area contributed by atoms with Crippen molar-refractivity contribution in [3.63, 3.8) is 0 Å². The van der Waals surface area contributed by atoms with Gasteiger partial charge in [0.25, 0.3) is 11.8 Å². The van der Waals surface area contributed by atoms with Crippen molar-refractivity contribution in [3.8, 4) is 0 Å². The maximum Gasteiger partial charge on any atom is 0.254 e. The zero-order valence-electron chi connectivity index (χ0n) is 15.4. The maximum absolute atomic E-state index is 13.8. The third-order valence-corrected chi connectivity index (χ3v) is 5.26. The van der Waals surface area contributed by atoms with E-state index in [2.05, 4.69) is 5.32 Å². The van der Waals surface area contributed by atoms with Crippen LogP contribution in [0.1, 0.15) is 33.6 Å². The van der Waals surface area contributed by atoms with Crippen molar-refractivity contribution in [2.45, 2.75) is 18.9 Å². The van der Waals surface area contributed by atoms with E-state index in [1.807, 2.05) is 47.4 Å². The molecule has 2 amide bonds. The van der Waals surface area contributed by atoms with Gasteiger partial charge in [0.05, 0.1) is 5.56 Å². The number of carbonyl (C=O) groups excluding carboxylic acids is 2. The van der Waals surface area contributed by atoms with Gasteiger partial charge < -0.3 is 10.2 Å². The lowest BCUT2D eigenvalue weighted by molar-refractivity contribution is 0.0700. The van der Waals surface area contributed by atoms with Gasteiger partial charge in [-0.3, -0.25) is 9.59 Å². The molecule has 1 saturated heterocycles. The minimum Gasteiger partial charge on any atom is -0.349 e.